The number of aromatic nitrogens is 3. The van der Waals surface area contributed by atoms with E-state index in [9.17, 15) is 14.4 Å². The molecule has 0 aliphatic rings. The van der Waals surface area contributed by atoms with Crippen LogP contribution in [0, 0.1) is 13.8 Å². The summed E-state index contributed by atoms with van der Waals surface area (Å²) in [7, 11) is 0. The number of aromatic amines is 1. The monoisotopic (exact) mass is 399 g/mol. The molecule has 0 aliphatic heterocycles. The Kier molecular flexibility index (Phi) is 5.96. The van der Waals surface area contributed by atoms with Gasteiger partial charge in [-0.05, 0) is 44.5 Å². The second kappa shape index (κ2) is 8.59. The van der Waals surface area contributed by atoms with Crippen LogP contribution < -0.4 is 0 Å². The van der Waals surface area contributed by atoms with Crippen LogP contribution in [0.3, 0.4) is 0 Å². The van der Waals surface area contributed by atoms with Crippen molar-refractivity contribution in [3.05, 3.63) is 64.6 Å². The fourth-order valence-electron chi connectivity index (χ4n) is 2.94. The second-order valence-corrected chi connectivity index (χ2v) is 6.31. The van der Waals surface area contributed by atoms with Crippen LogP contribution >= 0.6 is 0 Å². The molecule has 0 atom stereocenters. The van der Waals surface area contributed by atoms with Crippen molar-refractivity contribution in [2.45, 2.75) is 27.3 Å². The molecule has 3 aromatic rings. The number of Topliss-reactive ketones (excluding diaryl/α,β-unsaturated/α-hetero) is 1. The predicted octanol–water partition coefficient (Wildman–Crippen LogP) is 2.69. The van der Waals surface area contributed by atoms with Gasteiger partial charge in [0.15, 0.2) is 6.61 Å². The molecule has 0 saturated heterocycles. The van der Waals surface area contributed by atoms with Crippen LogP contribution in [-0.4, -0.2) is 45.7 Å². The average molecular weight is 399 g/mol. The second-order valence-electron chi connectivity index (χ2n) is 6.31. The van der Waals surface area contributed by atoms with Crippen LogP contribution in [0.25, 0.3) is 0 Å². The lowest BCUT2D eigenvalue weighted by Gasteiger charge is -2.04. The van der Waals surface area contributed by atoms with E-state index in [1.165, 1.54) is 6.07 Å². The summed E-state index contributed by atoms with van der Waals surface area (Å²) in [5.41, 5.74) is 1.50. The predicted molar refractivity (Wildman–Crippen MR) is 101 cm³/mol. The molecule has 29 heavy (non-hydrogen) atoms. The number of carbonyl (C=O) groups is 3. The highest BCUT2D eigenvalue weighted by Crippen LogP contribution is 2.20. The van der Waals surface area contributed by atoms with E-state index < -0.39 is 24.3 Å². The van der Waals surface area contributed by atoms with E-state index in [1.807, 2.05) is 0 Å². The van der Waals surface area contributed by atoms with Gasteiger partial charge in [0.2, 0.25) is 11.5 Å². The molecule has 0 aliphatic carbocycles. The Bertz CT molecular complexity index is 1030. The highest BCUT2D eigenvalue weighted by Gasteiger charge is 2.24. The number of esters is 2. The van der Waals surface area contributed by atoms with E-state index in [1.54, 1.807) is 50.0 Å². The third kappa shape index (κ3) is 4.45. The van der Waals surface area contributed by atoms with E-state index in [0.29, 0.717) is 29.1 Å². The van der Waals surface area contributed by atoms with Gasteiger partial charge >= 0.3 is 11.9 Å². The Morgan fingerprint density at radius 2 is 1.97 bits per heavy atom. The maximum Gasteiger partial charge on any atom is 0.374 e. The SMILES string of the molecule is CCOC(=O)c1c(C)[nH]c(C(=O)COC(=O)c2ccc(Cn3cccn3)o2)c1C. The summed E-state index contributed by atoms with van der Waals surface area (Å²) in [6, 6.07) is 4.90. The minimum atomic E-state index is -0.753. The fourth-order valence-corrected chi connectivity index (χ4v) is 2.94. The van der Waals surface area contributed by atoms with Gasteiger partial charge in [0.1, 0.15) is 5.76 Å². The minimum absolute atomic E-state index is 0.00782. The Morgan fingerprint density at radius 1 is 1.17 bits per heavy atom. The number of carbonyl (C=O) groups excluding carboxylic acids is 3. The standard InChI is InChI=1S/C20H21N3O6/c1-4-27-20(26)17-12(2)18(22-13(17)3)15(24)11-28-19(25)16-7-6-14(29-16)10-23-9-5-8-21-23/h5-9,22H,4,10-11H2,1-3H3. The number of hydrogen-bond donors (Lipinski definition) is 1. The number of rotatable bonds is 8. The van der Waals surface area contributed by atoms with Gasteiger partial charge in [0.05, 0.1) is 24.4 Å². The third-order valence-electron chi connectivity index (χ3n) is 4.27. The summed E-state index contributed by atoms with van der Waals surface area (Å²) in [6.07, 6.45) is 3.41. The molecule has 0 bridgehead atoms. The zero-order valence-electron chi connectivity index (χ0n) is 16.4. The van der Waals surface area contributed by atoms with Crippen molar-refractivity contribution in [1.82, 2.24) is 14.8 Å². The highest BCUT2D eigenvalue weighted by molar-refractivity contribution is 6.03. The Morgan fingerprint density at radius 3 is 2.66 bits per heavy atom. The first-order valence-electron chi connectivity index (χ1n) is 9.03. The van der Waals surface area contributed by atoms with Gasteiger partial charge in [-0.25, -0.2) is 9.59 Å². The highest BCUT2D eigenvalue weighted by atomic mass is 16.5. The molecule has 0 spiro atoms. The van der Waals surface area contributed by atoms with Crippen LogP contribution in [0.15, 0.2) is 35.0 Å². The first-order chi connectivity index (χ1) is 13.9. The quantitative estimate of drug-likeness (QED) is 0.457. The van der Waals surface area contributed by atoms with E-state index in [0.717, 1.165) is 0 Å². The molecule has 9 heteroatoms. The first kappa shape index (κ1) is 20.1. The summed E-state index contributed by atoms with van der Waals surface area (Å²) in [5, 5.41) is 4.06. The molecule has 0 radical (unpaired) electrons. The molecule has 152 valence electrons. The zero-order chi connectivity index (χ0) is 21.0. The largest absolute Gasteiger partial charge is 0.462 e. The molecular weight excluding hydrogens is 378 g/mol. The van der Waals surface area contributed by atoms with E-state index in [4.69, 9.17) is 13.9 Å². The molecule has 0 unspecified atom stereocenters. The maximum atomic E-state index is 12.5. The number of nitrogens with zero attached hydrogens (tertiary/aromatic N) is 2. The first-order valence-corrected chi connectivity index (χ1v) is 9.03. The molecule has 0 amide bonds. The van der Waals surface area contributed by atoms with Crippen molar-refractivity contribution < 1.29 is 28.3 Å². The number of aryl methyl sites for hydroxylation is 1. The minimum Gasteiger partial charge on any atom is -0.462 e. The Balaban J connectivity index is 1.62. The van der Waals surface area contributed by atoms with Gasteiger partial charge in [-0.1, -0.05) is 0 Å². The van der Waals surface area contributed by atoms with Crippen molar-refractivity contribution in [2.24, 2.45) is 0 Å². The van der Waals surface area contributed by atoms with Crippen molar-refractivity contribution in [3.8, 4) is 0 Å². The fraction of sp³-hybridized carbons (Fsp3) is 0.300. The van der Waals surface area contributed by atoms with Gasteiger partial charge in [-0.15, -0.1) is 0 Å². The lowest BCUT2D eigenvalue weighted by Crippen LogP contribution is -2.15. The number of furan rings is 1. The normalized spacial score (nSPS) is 10.7. The Hall–Kier alpha value is -3.62. The topological polar surface area (TPSA) is 116 Å². The van der Waals surface area contributed by atoms with Crippen LogP contribution in [0.5, 0.6) is 0 Å². The summed E-state index contributed by atoms with van der Waals surface area (Å²) in [4.78, 5) is 39.5. The number of ketones is 1. The van der Waals surface area contributed by atoms with Crippen molar-refractivity contribution in [1.29, 1.82) is 0 Å². The Labute approximate surface area is 166 Å². The van der Waals surface area contributed by atoms with Gasteiger partial charge in [0, 0.05) is 18.1 Å². The maximum absolute atomic E-state index is 12.5. The van der Waals surface area contributed by atoms with E-state index in [-0.39, 0.29) is 18.1 Å². The third-order valence-corrected chi connectivity index (χ3v) is 4.27. The van der Waals surface area contributed by atoms with E-state index >= 15 is 0 Å². The van der Waals surface area contributed by atoms with Crippen molar-refractivity contribution in [2.75, 3.05) is 13.2 Å². The summed E-state index contributed by atoms with van der Waals surface area (Å²) >= 11 is 0. The summed E-state index contributed by atoms with van der Waals surface area (Å²) in [6.45, 7) is 5.13. The van der Waals surface area contributed by atoms with Gasteiger partial charge in [0.25, 0.3) is 0 Å². The van der Waals surface area contributed by atoms with Crippen molar-refractivity contribution >= 4 is 17.7 Å². The molecular formula is C20H21N3O6. The molecule has 9 nitrogen and oxygen atoms in total. The molecule has 3 aromatic heterocycles. The summed E-state index contributed by atoms with van der Waals surface area (Å²) < 4.78 is 17.2. The molecule has 0 aromatic carbocycles. The number of nitrogens with one attached hydrogen (secondary N) is 1. The lowest BCUT2D eigenvalue weighted by atomic mass is 10.1. The van der Waals surface area contributed by atoms with Crippen LogP contribution in [0.1, 0.15) is 55.3 Å². The smallest absolute Gasteiger partial charge is 0.374 e. The van der Waals surface area contributed by atoms with Gasteiger partial charge < -0.3 is 18.9 Å². The molecule has 1 N–H and O–H groups in total. The number of ether oxygens (including phenoxy) is 2. The molecule has 0 saturated carbocycles. The molecule has 3 heterocycles. The number of hydrogen-bond acceptors (Lipinski definition) is 7. The van der Waals surface area contributed by atoms with Crippen LogP contribution in [0.2, 0.25) is 0 Å². The van der Waals surface area contributed by atoms with Crippen LogP contribution in [0.4, 0.5) is 0 Å². The van der Waals surface area contributed by atoms with Gasteiger partial charge in [-0.2, -0.15) is 5.10 Å². The number of H-pyrrole nitrogens is 1. The van der Waals surface area contributed by atoms with E-state index in [2.05, 4.69) is 10.1 Å². The lowest BCUT2D eigenvalue weighted by molar-refractivity contribution is 0.0440. The summed E-state index contributed by atoms with van der Waals surface area (Å²) in [5.74, 6) is -1.20. The molecule has 0 fully saturated rings. The van der Waals surface area contributed by atoms with Crippen molar-refractivity contribution in [3.63, 3.8) is 0 Å². The van der Waals surface area contributed by atoms with Gasteiger partial charge in [-0.3, -0.25) is 9.48 Å². The average Bonchev–Trinajstić information content (AvgIpc) is 3.41. The zero-order valence-corrected chi connectivity index (χ0v) is 16.4. The molecule has 3 rings (SSSR count). The van der Waals surface area contributed by atoms with Crippen LogP contribution in [-0.2, 0) is 16.0 Å².